The molecule has 0 spiro atoms. The molecule has 5 heteroatoms. The Kier molecular flexibility index (Phi) is 3.72. The van der Waals surface area contributed by atoms with Crippen LogP contribution in [-0.2, 0) is 6.42 Å². The Morgan fingerprint density at radius 2 is 2.17 bits per heavy atom. The summed E-state index contributed by atoms with van der Waals surface area (Å²) in [6.07, 6.45) is 4.97. The van der Waals surface area contributed by atoms with Crippen LogP contribution in [0, 0.1) is 0 Å². The van der Waals surface area contributed by atoms with Crippen LogP contribution in [0.4, 0.5) is 0 Å². The van der Waals surface area contributed by atoms with Gasteiger partial charge in [-0.15, -0.1) is 0 Å². The molecule has 2 aromatic heterocycles. The van der Waals surface area contributed by atoms with Crippen LogP contribution in [0.1, 0.15) is 19.2 Å². The first-order chi connectivity index (χ1) is 8.72. The lowest BCUT2D eigenvalue weighted by molar-refractivity contribution is 0.413. The van der Waals surface area contributed by atoms with Gasteiger partial charge in [-0.2, -0.15) is 0 Å². The van der Waals surface area contributed by atoms with Gasteiger partial charge in [0.05, 0.1) is 19.0 Å². The summed E-state index contributed by atoms with van der Waals surface area (Å²) in [6, 6.07) is 3.28. The van der Waals surface area contributed by atoms with E-state index in [0.717, 1.165) is 18.4 Å². The highest BCUT2D eigenvalue weighted by Gasteiger charge is 2.05. The monoisotopic (exact) mass is 245 g/mol. The Balaban J connectivity index is 2.45. The van der Waals surface area contributed by atoms with Gasteiger partial charge in [-0.3, -0.25) is 9.78 Å². The molecular weight excluding hydrogens is 230 g/mol. The van der Waals surface area contributed by atoms with Gasteiger partial charge in [-0.05, 0) is 12.5 Å². The molecule has 0 atom stereocenters. The first-order valence-electron chi connectivity index (χ1n) is 5.82. The van der Waals surface area contributed by atoms with Crippen LogP contribution in [-0.4, -0.2) is 22.1 Å². The zero-order chi connectivity index (χ0) is 13.0. The second-order valence-corrected chi connectivity index (χ2v) is 3.94. The number of rotatable bonds is 4. The second kappa shape index (κ2) is 5.44. The van der Waals surface area contributed by atoms with Crippen molar-refractivity contribution in [3.05, 3.63) is 40.7 Å². The van der Waals surface area contributed by atoms with Crippen molar-refractivity contribution in [1.82, 2.24) is 15.0 Å². The number of hydrogen-bond acceptors (Lipinski definition) is 4. The number of ether oxygens (including phenoxy) is 1. The summed E-state index contributed by atoms with van der Waals surface area (Å²) in [7, 11) is 1.58. The van der Waals surface area contributed by atoms with Crippen molar-refractivity contribution < 1.29 is 4.74 Å². The summed E-state index contributed by atoms with van der Waals surface area (Å²) in [5, 5.41) is 0. The number of hydrogen-bond donors (Lipinski definition) is 1. The number of nitrogens with one attached hydrogen (secondary N) is 1. The van der Waals surface area contributed by atoms with Gasteiger partial charge in [0.2, 0.25) is 0 Å². The molecule has 2 heterocycles. The van der Waals surface area contributed by atoms with Crippen molar-refractivity contribution in [3.8, 4) is 17.0 Å². The average molecular weight is 245 g/mol. The van der Waals surface area contributed by atoms with Crippen molar-refractivity contribution in [1.29, 1.82) is 0 Å². The Morgan fingerprint density at radius 3 is 2.89 bits per heavy atom. The summed E-state index contributed by atoms with van der Waals surface area (Å²) < 4.78 is 5.11. The third kappa shape index (κ3) is 2.74. The highest BCUT2D eigenvalue weighted by Crippen LogP contribution is 2.19. The number of nitrogens with zero attached hydrogens (tertiary/aromatic N) is 2. The quantitative estimate of drug-likeness (QED) is 0.891. The lowest BCUT2D eigenvalue weighted by Gasteiger charge is -2.05. The number of aryl methyl sites for hydroxylation is 1. The van der Waals surface area contributed by atoms with Gasteiger partial charge in [-0.1, -0.05) is 6.92 Å². The summed E-state index contributed by atoms with van der Waals surface area (Å²) in [4.78, 5) is 22.8. The Bertz CT molecular complexity index is 593. The van der Waals surface area contributed by atoms with Gasteiger partial charge in [0.15, 0.2) is 0 Å². The summed E-state index contributed by atoms with van der Waals surface area (Å²) in [5.41, 5.74) is 1.25. The van der Waals surface area contributed by atoms with Gasteiger partial charge in [-0.25, -0.2) is 4.98 Å². The van der Waals surface area contributed by atoms with E-state index in [0.29, 0.717) is 17.3 Å². The summed E-state index contributed by atoms with van der Waals surface area (Å²) in [5.74, 6) is 1.34. The molecular formula is C13H15N3O2. The first kappa shape index (κ1) is 12.3. The molecule has 2 rings (SSSR count). The Labute approximate surface area is 105 Å². The minimum absolute atomic E-state index is 0.147. The lowest BCUT2D eigenvalue weighted by Crippen LogP contribution is -2.11. The molecule has 5 nitrogen and oxygen atoms in total. The maximum Gasteiger partial charge on any atom is 0.251 e. The van der Waals surface area contributed by atoms with Gasteiger partial charge < -0.3 is 9.72 Å². The predicted molar refractivity (Wildman–Crippen MR) is 68.6 cm³/mol. The molecule has 0 saturated carbocycles. The molecule has 0 aliphatic heterocycles. The van der Waals surface area contributed by atoms with Gasteiger partial charge >= 0.3 is 0 Å². The average Bonchev–Trinajstić information content (AvgIpc) is 2.38. The zero-order valence-corrected chi connectivity index (χ0v) is 10.4. The maximum atomic E-state index is 11.6. The number of aromatic amines is 1. The fourth-order valence-electron chi connectivity index (χ4n) is 1.68. The van der Waals surface area contributed by atoms with E-state index in [2.05, 4.69) is 15.0 Å². The lowest BCUT2D eigenvalue weighted by atomic mass is 10.2. The molecule has 0 aliphatic rings. The molecule has 0 fully saturated rings. The SMILES string of the molecule is CCCc1nc(-c2cncc(OC)c2)cc(=O)[nH]1. The Morgan fingerprint density at radius 1 is 1.33 bits per heavy atom. The van der Waals surface area contributed by atoms with Crippen molar-refractivity contribution in [3.63, 3.8) is 0 Å². The molecule has 0 unspecified atom stereocenters. The third-order valence-electron chi connectivity index (χ3n) is 2.52. The highest BCUT2D eigenvalue weighted by atomic mass is 16.5. The zero-order valence-electron chi connectivity index (χ0n) is 10.4. The van der Waals surface area contributed by atoms with Crippen LogP contribution < -0.4 is 10.3 Å². The van der Waals surface area contributed by atoms with E-state index in [1.54, 1.807) is 19.5 Å². The van der Waals surface area contributed by atoms with E-state index in [4.69, 9.17) is 4.74 Å². The molecule has 0 aliphatic carbocycles. The molecule has 0 amide bonds. The number of pyridine rings is 1. The summed E-state index contributed by atoms with van der Waals surface area (Å²) in [6.45, 7) is 2.04. The van der Waals surface area contributed by atoms with Crippen LogP contribution in [0.2, 0.25) is 0 Å². The predicted octanol–water partition coefficient (Wildman–Crippen LogP) is 1.79. The van der Waals surface area contributed by atoms with E-state index in [1.807, 2.05) is 13.0 Å². The highest BCUT2D eigenvalue weighted by molar-refractivity contribution is 5.59. The minimum atomic E-state index is -0.147. The molecule has 94 valence electrons. The van der Waals surface area contributed by atoms with Crippen molar-refractivity contribution >= 4 is 0 Å². The minimum Gasteiger partial charge on any atom is -0.495 e. The van der Waals surface area contributed by atoms with Crippen LogP contribution in [0.3, 0.4) is 0 Å². The van der Waals surface area contributed by atoms with Crippen LogP contribution in [0.25, 0.3) is 11.3 Å². The molecule has 0 radical (unpaired) electrons. The van der Waals surface area contributed by atoms with E-state index < -0.39 is 0 Å². The van der Waals surface area contributed by atoms with E-state index in [9.17, 15) is 4.79 Å². The molecule has 1 N–H and O–H groups in total. The van der Waals surface area contributed by atoms with Crippen LogP contribution >= 0.6 is 0 Å². The van der Waals surface area contributed by atoms with Crippen LogP contribution in [0.15, 0.2) is 29.3 Å². The van der Waals surface area contributed by atoms with Crippen molar-refractivity contribution in [2.75, 3.05) is 7.11 Å². The van der Waals surface area contributed by atoms with Crippen molar-refractivity contribution in [2.45, 2.75) is 19.8 Å². The van der Waals surface area contributed by atoms with E-state index in [-0.39, 0.29) is 5.56 Å². The van der Waals surface area contributed by atoms with Crippen molar-refractivity contribution in [2.24, 2.45) is 0 Å². The molecule has 0 bridgehead atoms. The van der Waals surface area contributed by atoms with E-state index >= 15 is 0 Å². The molecule has 18 heavy (non-hydrogen) atoms. The summed E-state index contributed by atoms with van der Waals surface area (Å²) >= 11 is 0. The Hall–Kier alpha value is -2.17. The largest absolute Gasteiger partial charge is 0.495 e. The number of aromatic nitrogens is 3. The smallest absolute Gasteiger partial charge is 0.251 e. The van der Waals surface area contributed by atoms with Crippen LogP contribution in [0.5, 0.6) is 5.75 Å². The fourth-order valence-corrected chi connectivity index (χ4v) is 1.68. The molecule has 0 saturated heterocycles. The molecule has 2 aromatic rings. The first-order valence-corrected chi connectivity index (χ1v) is 5.82. The number of H-pyrrole nitrogens is 1. The third-order valence-corrected chi connectivity index (χ3v) is 2.52. The van der Waals surface area contributed by atoms with Gasteiger partial charge in [0, 0.05) is 24.2 Å². The second-order valence-electron chi connectivity index (χ2n) is 3.94. The standard InChI is InChI=1S/C13H15N3O2/c1-3-4-12-15-11(6-13(17)16-12)9-5-10(18-2)8-14-7-9/h5-8H,3-4H2,1-2H3,(H,15,16,17). The normalized spacial score (nSPS) is 10.3. The maximum absolute atomic E-state index is 11.6. The van der Waals surface area contributed by atoms with E-state index in [1.165, 1.54) is 6.07 Å². The topological polar surface area (TPSA) is 67.9 Å². The van der Waals surface area contributed by atoms with Gasteiger partial charge in [0.25, 0.3) is 5.56 Å². The molecule has 0 aromatic carbocycles. The van der Waals surface area contributed by atoms with Gasteiger partial charge in [0.1, 0.15) is 11.6 Å². The fraction of sp³-hybridized carbons (Fsp3) is 0.308. The number of methoxy groups -OCH3 is 1.